The molecule has 23 heavy (non-hydrogen) atoms. The molecule has 1 aliphatic heterocycles. The van der Waals surface area contributed by atoms with Crippen molar-refractivity contribution >= 4 is 22.5 Å². The third-order valence-electron chi connectivity index (χ3n) is 3.80. The molecule has 1 aliphatic rings. The first-order valence-electron chi connectivity index (χ1n) is 7.52. The van der Waals surface area contributed by atoms with Gasteiger partial charge in [0.2, 0.25) is 0 Å². The smallest absolute Gasteiger partial charge is 0.256 e. The number of aromatic nitrogens is 1. The molecule has 1 unspecified atom stereocenters. The van der Waals surface area contributed by atoms with E-state index in [2.05, 4.69) is 10.3 Å². The molecule has 1 saturated heterocycles. The van der Waals surface area contributed by atoms with Gasteiger partial charge in [-0.2, -0.15) is 0 Å². The van der Waals surface area contributed by atoms with Crippen molar-refractivity contribution in [1.29, 1.82) is 0 Å². The lowest BCUT2D eigenvalue weighted by Gasteiger charge is -2.12. The van der Waals surface area contributed by atoms with E-state index in [-0.39, 0.29) is 12.0 Å². The zero-order valence-corrected chi connectivity index (χ0v) is 12.4. The lowest BCUT2D eigenvalue weighted by Crippen LogP contribution is -2.14. The summed E-state index contributed by atoms with van der Waals surface area (Å²) >= 11 is 0. The van der Waals surface area contributed by atoms with Crippen molar-refractivity contribution in [3.63, 3.8) is 0 Å². The average molecular weight is 308 g/mol. The fourth-order valence-corrected chi connectivity index (χ4v) is 2.52. The van der Waals surface area contributed by atoms with Crippen LogP contribution < -0.4 is 10.1 Å². The summed E-state index contributed by atoms with van der Waals surface area (Å²) in [5.41, 5.74) is 2.22. The number of aromatic amines is 1. The number of anilines is 1. The van der Waals surface area contributed by atoms with Crippen molar-refractivity contribution in [2.24, 2.45) is 0 Å². The number of hydrogen-bond acceptors (Lipinski definition) is 3. The number of H-pyrrole nitrogens is 1. The van der Waals surface area contributed by atoms with Crippen LogP contribution in [0.2, 0.25) is 0 Å². The molecule has 1 atom stereocenters. The fraction of sp³-hybridized carbons (Fsp3) is 0.167. The number of carbonyl (C=O) groups is 1. The maximum Gasteiger partial charge on any atom is 0.256 e. The van der Waals surface area contributed by atoms with Gasteiger partial charge in [0.1, 0.15) is 18.5 Å². The number of benzene rings is 2. The van der Waals surface area contributed by atoms with E-state index in [1.54, 1.807) is 0 Å². The molecular formula is C18H16N2O3. The fourth-order valence-electron chi connectivity index (χ4n) is 2.52. The predicted octanol–water partition coefficient (Wildman–Crippen LogP) is 3.20. The second-order valence-electron chi connectivity index (χ2n) is 5.46. The molecule has 4 rings (SSSR count). The van der Waals surface area contributed by atoms with E-state index in [0.29, 0.717) is 23.6 Å². The first-order valence-corrected chi connectivity index (χ1v) is 7.52. The third kappa shape index (κ3) is 2.91. The molecule has 2 heterocycles. The van der Waals surface area contributed by atoms with Crippen molar-refractivity contribution in [2.75, 3.05) is 18.5 Å². The molecule has 0 spiro atoms. The Morgan fingerprint density at radius 1 is 1.22 bits per heavy atom. The number of ether oxygens (including phenoxy) is 2. The van der Waals surface area contributed by atoms with Gasteiger partial charge in [0.25, 0.3) is 5.91 Å². The topological polar surface area (TPSA) is 66.7 Å². The van der Waals surface area contributed by atoms with Crippen LogP contribution in [0.15, 0.2) is 54.7 Å². The van der Waals surface area contributed by atoms with Gasteiger partial charge in [0, 0.05) is 22.7 Å². The predicted molar refractivity (Wildman–Crippen MR) is 87.9 cm³/mol. The van der Waals surface area contributed by atoms with Gasteiger partial charge in [0.15, 0.2) is 0 Å². The lowest BCUT2D eigenvalue weighted by atomic mass is 10.1. The van der Waals surface area contributed by atoms with Crippen molar-refractivity contribution < 1.29 is 14.3 Å². The summed E-state index contributed by atoms with van der Waals surface area (Å²) in [7, 11) is 0. The SMILES string of the molecule is O=C(Nc1ccccc1OCC1CO1)c1cccc2[nH]ccc12. The molecule has 116 valence electrons. The molecule has 5 nitrogen and oxygen atoms in total. The summed E-state index contributed by atoms with van der Waals surface area (Å²) < 4.78 is 10.9. The summed E-state index contributed by atoms with van der Waals surface area (Å²) in [6.07, 6.45) is 2.00. The van der Waals surface area contributed by atoms with E-state index in [9.17, 15) is 4.79 Å². The number of fused-ring (bicyclic) bond motifs is 1. The largest absolute Gasteiger partial charge is 0.489 e. The van der Waals surface area contributed by atoms with Gasteiger partial charge in [-0.25, -0.2) is 0 Å². The Kier molecular flexibility index (Phi) is 3.48. The zero-order valence-electron chi connectivity index (χ0n) is 12.4. The summed E-state index contributed by atoms with van der Waals surface area (Å²) in [6, 6.07) is 14.9. The molecule has 1 aromatic heterocycles. The number of carbonyl (C=O) groups excluding carboxylic acids is 1. The molecule has 1 amide bonds. The van der Waals surface area contributed by atoms with Crippen molar-refractivity contribution in [3.8, 4) is 5.75 Å². The second kappa shape index (κ2) is 5.78. The van der Waals surface area contributed by atoms with Gasteiger partial charge in [-0.05, 0) is 30.3 Å². The molecule has 2 N–H and O–H groups in total. The molecule has 1 fully saturated rings. The van der Waals surface area contributed by atoms with Crippen LogP contribution in [0.3, 0.4) is 0 Å². The maximum absolute atomic E-state index is 12.6. The van der Waals surface area contributed by atoms with E-state index >= 15 is 0 Å². The van der Waals surface area contributed by atoms with Crippen molar-refractivity contribution in [1.82, 2.24) is 4.98 Å². The summed E-state index contributed by atoms with van der Waals surface area (Å²) in [6.45, 7) is 1.24. The normalized spacial score (nSPS) is 16.3. The van der Waals surface area contributed by atoms with Gasteiger partial charge in [-0.1, -0.05) is 18.2 Å². The minimum absolute atomic E-state index is 0.158. The van der Waals surface area contributed by atoms with Crippen LogP contribution in [0.5, 0.6) is 5.75 Å². The van der Waals surface area contributed by atoms with Crippen LogP contribution in [0, 0.1) is 0 Å². The Hall–Kier alpha value is -2.79. The van der Waals surface area contributed by atoms with Gasteiger partial charge in [-0.15, -0.1) is 0 Å². The standard InChI is InChI=1S/C18H16N2O3/c21-18(14-4-3-6-15-13(14)8-9-19-15)20-16-5-1-2-7-17(16)23-11-12-10-22-12/h1-9,12,19H,10-11H2,(H,20,21). The Bertz CT molecular complexity index is 852. The van der Waals surface area contributed by atoms with Crippen LogP contribution >= 0.6 is 0 Å². The van der Waals surface area contributed by atoms with Crippen LogP contribution in [-0.2, 0) is 4.74 Å². The summed E-state index contributed by atoms with van der Waals surface area (Å²) in [4.78, 5) is 15.7. The molecule has 3 aromatic rings. The highest BCUT2D eigenvalue weighted by atomic mass is 16.6. The molecule has 0 radical (unpaired) electrons. The minimum Gasteiger partial charge on any atom is -0.489 e. The molecule has 0 aliphatic carbocycles. The van der Waals surface area contributed by atoms with E-state index < -0.39 is 0 Å². The third-order valence-corrected chi connectivity index (χ3v) is 3.80. The first kappa shape index (κ1) is 13.8. The van der Waals surface area contributed by atoms with Gasteiger partial charge < -0.3 is 19.8 Å². The number of hydrogen-bond donors (Lipinski definition) is 2. The minimum atomic E-state index is -0.158. The van der Waals surface area contributed by atoms with E-state index in [0.717, 1.165) is 17.5 Å². The summed E-state index contributed by atoms with van der Waals surface area (Å²) in [5, 5.41) is 3.83. The maximum atomic E-state index is 12.6. The highest BCUT2D eigenvalue weighted by Gasteiger charge is 2.23. The number of para-hydroxylation sites is 2. The lowest BCUT2D eigenvalue weighted by molar-refractivity contribution is 0.102. The monoisotopic (exact) mass is 308 g/mol. The quantitative estimate of drug-likeness (QED) is 0.711. The molecule has 0 saturated carbocycles. The molecule has 5 heteroatoms. The van der Waals surface area contributed by atoms with E-state index in [1.807, 2.05) is 54.7 Å². The average Bonchev–Trinajstić information content (AvgIpc) is 3.28. The highest BCUT2D eigenvalue weighted by molar-refractivity contribution is 6.12. The molecular weight excluding hydrogens is 292 g/mol. The number of nitrogens with one attached hydrogen (secondary N) is 2. The van der Waals surface area contributed by atoms with E-state index in [4.69, 9.17) is 9.47 Å². The Balaban J connectivity index is 1.57. The number of rotatable bonds is 5. The highest BCUT2D eigenvalue weighted by Crippen LogP contribution is 2.26. The van der Waals surface area contributed by atoms with Gasteiger partial charge in [-0.3, -0.25) is 4.79 Å². The Labute approximate surface area is 133 Å². The van der Waals surface area contributed by atoms with Crippen molar-refractivity contribution in [2.45, 2.75) is 6.10 Å². The Morgan fingerprint density at radius 3 is 2.96 bits per heavy atom. The van der Waals surface area contributed by atoms with Crippen LogP contribution in [-0.4, -0.2) is 30.2 Å². The first-order chi connectivity index (χ1) is 11.3. The Morgan fingerprint density at radius 2 is 2.09 bits per heavy atom. The van der Waals surface area contributed by atoms with Crippen LogP contribution in [0.4, 0.5) is 5.69 Å². The van der Waals surface area contributed by atoms with Gasteiger partial charge in [0.05, 0.1) is 12.3 Å². The zero-order chi connectivity index (χ0) is 15.6. The van der Waals surface area contributed by atoms with E-state index in [1.165, 1.54) is 0 Å². The van der Waals surface area contributed by atoms with Gasteiger partial charge >= 0.3 is 0 Å². The summed E-state index contributed by atoms with van der Waals surface area (Å²) in [5.74, 6) is 0.492. The molecule has 2 aromatic carbocycles. The van der Waals surface area contributed by atoms with Crippen LogP contribution in [0.1, 0.15) is 10.4 Å². The number of amides is 1. The second-order valence-corrected chi connectivity index (χ2v) is 5.46. The number of epoxide rings is 1. The molecule has 0 bridgehead atoms. The van der Waals surface area contributed by atoms with Crippen molar-refractivity contribution in [3.05, 3.63) is 60.3 Å². The van der Waals surface area contributed by atoms with Crippen LogP contribution in [0.25, 0.3) is 10.9 Å².